The Labute approximate surface area is 121 Å². The molecule has 0 saturated carbocycles. The van der Waals surface area contributed by atoms with Crippen molar-refractivity contribution in [1.29, 1.82) is 0 Å². The van der Waals surface area contributed by atoms with Crippen molar-refractivity contribution in [2.24, 2.45) is 0 Å². The van der Waals surface area contributed by atoms with E-state index in [1.807, 2.05) is 0 Å². The van der Waals surface area contributed by atoms with Crippen LogP contribution >= 0.6 is 23.2 Å². The summed E-state index contributed by atoms with van der Waals surface area (Å²) < 4.78 is 5.16. The third-order valence-electron chi connectivity index (χ3n) is 2.67. The van der Waals surface area contributed by atoms with Crippen molar-refractivity contribution in [3.63, 3.8) is 0 Å². The van der Waals surface area contributed by atoms with Crippen LogP contribution in [-0.4, -0.2) is 17.9 Å². The molecule has 19 heavy (non-hydrogen) atoms. The van der Waals surface area contributed by atoms with Crippen molar-refractivity contribution in [3.05, 3.63) is 57.8 Å². The fraction of sp³-hybridized carbons (Fsp3) is 0.143. The summed E-state index contributed by atoms with van der Waals surface area (Å²) in [6.07, 6.45) is 3.29. The highest BCUT2D eigenvalue weighted by Crippen LogP contribution is 2.25. The van der Waals surface area contributed by atoms with Gasteiger partial charge in [0.25, 0.3) is 0 Å². The molecule has 2 rings (SSSR count). The first-order chi connectivity index (χ1) is 9.11. The minimum Gasteiger partial charge on any atom is -0.496 e. The molecule has 3 nitrogen and oxygen atoms in total. The van der Waals surface area contributed by atoms with E-state index in [1.54, 1.807) is 30.5 Å². The number of rotatable bonds is 4. The van der Waals surface area contributed by atoms with E-state index in [4.69, 9.17) is 27.9 Å². The maximum absolute atomic E-state index is 12.3. The van der Waals surface area contributed by atoms with Gasteiger partial charge in [0, 0.05) is 23.8 Å². The van der Waals surface area contributed by atoms with Crippen molar-refractivity contribution in [2.75, 3.05) is 7.11 Å². The average molecular weight is 296 g/mol. The number of carbonyl (C=O) groups is 1. The number of methoxy groups -OCH3 is 1. The van der Waals surface area contributed by atoms with Crippen LogP contribution < -0.4 is 4.74 Å². The van der Waals surface area contributed by atoms with Gasteiger partial charge in [0.2, 0.25) is 0 Å². The maximum Gasteiger partial charge on any atom is 0.171 e. The SMILES string of the molecule is COc1ccc(Cl)cc1C(=O)Cc1ccncc1Cl. The molecule has 2 aromatic rings. The minimum absolute atomic E-state index is 0.104. The summed E-state index contributed by atoms with van der Waals surface area (Å²) in [5.41, 5.74) is 1.17. The molecule has 0 amide bonds. The summed E-state index contributed by atoms with van der Waals surface area (Å²) in [4.78, 5) is 16.2. The van der Waals surface area contributed by atoms with Gasteiger partial charge in [-0.2, -0.15) is 0 Å². The number of ether oxygens (including phenoxy) is 1. The topological polar surface area (TPSA) is 39.2 Å². The van der Waals surface area contributed by atoms with Crippen LogP contribution in [-0.2, 0) is 6.42 Å². The molecule has 0 atom stereocenters. The summed E-state index contributed by atoms with van der Waals surface area (Å²) in [5.74, 6) is 0.395. The maximum atomic E-state index is 12.3. The number of pyridine rings is 1. The first-order valence-electron chi connectivity index (χ1n) is 5.57. The van der Waals surface area contributed by atoms with Gasteiger partial charge in [-0.1, -0.05) is 23.2 Å². The van der Waals surface area contributed by atoms with Crippen molar-refractivity contribution >= 4 is 29.0 Å². The van der Waals surface area contributed by atoms with Gasteiger partial charge in [0.15, 0.2) is 5.78 Å². The van der Waals surface area contributed by atoms with Gasteiger partial charge in [-0.25, -0.2) is 0 Å². The van der Waals surface area contributed by atoms with Gasteiger partial charge < -0.3 is 4.74 Å². The predicted molar refractivity (Wildman–Crippen MR) is 75.3 cm³/mol. The smallest absolute Gasteiger partial charge is 0.171 e. The third-order valence-corrected chi connectivity index (χ3v) is 3.24. The lowest BCUT2D eigenvalue weighted by molar-refractivity contribution is 0.0990. The van der Waals surface area contributed by atoms with Crippen LogP contribution in [0.3, 0.4) is 0 Å². The lowest BCUT2D eigenvalue weighted by atomic mass is 10.0. The number of hydrogen-bond acceptors (Lipinski definition) is 3. The Morgan fingerprint density at radius 1 is 1.32 bits per heavy atom. The molecule has 1 aromatic carbocycles. The second kappa shape index (κ2) is 6.04. The fourth-order valence-corrected chi connectivity index (χ4v) is 2.07. The molecule has 0 spiro atoms. The number of hydrogen-bond donors (Lipinski definition) is 0. The summed E-state index contributed by atoms with van der Waals surface area (Å²) >= 11 is 11.9. The van der Waals surface area contributed by atoms with Gasteiger partial charge in [-0.3, -0.25) is 9.78 Å². The highest BCUT2D eigenvalue weighted by Gasteiger charge is 2.14. The standard InChI is InChI=1S/C14H11Cl2NO2/c1-19-14-3-2-10(15)7-11(14)13(18)6-9-4-5-17-8-12(9)16/h2-5,7-8H,6H2,1H3. The Bertz CT molecular complexity index is 614. The molecule has 1 aromatic heterocycles. The second-order valence-corrected chi connectivity index (χ2v) is 4.76. The van der Waals surface area contributed by atoms with E-state index in [1.165, 1.54) is 13.3 Å². The molecule has 0 aliphatic rings. The van der Waals surface area contributed by atoms with Crippen molar-refractivity contribution in [2.45, 2.75) is 6.42 Å². The zero-order chi connectivity index (χ0) is 13.8. The number of benzene rings is 1. The third kappa shape index (κ3) is 3.25. The van der Waals surface area contributed by atoms with Crippen LogP contribution in [0.4, 0.5) is 0 Å². The summed E-state index contributed by atoms with van der Waals surface area (Å²) in [7, 11) is 1.51. The molecule has 0 saturated heterocycles. The number of Topliss-reactive ketones (excluding diaryl/α,β-unsaturated/α-hetero) is 1. The van der Waals surface area contributed by atoms with Crippen LogP contribution in [0, 0.1) is 0 Å². The summed E-state index contributed by atoms with van der Waals surface area (Å²) in [5, 5.41) is 0.960. The number of aromatic nitrogens is 1. The van der Waals surface area contributed by atoms with Gasteiger partial charge in [-0.05, 0) is 29.8 Å². The first kappa shape index (κ1) is 13.8. The molecule has 0 N–H and O–H groups in total. The molecule has 1 heterocycles. The zero-order valence-electron chi connectivity index (χ0n) is 10.2. The highest BCUT2D eigenvalue weighted by atomic mass is 35.5. The number of halogens is 2. The molecule has 0 radical (unpaired) electrons. The Kier molecular flexibility index (Phi) is 4.40. The van der Waals surface area contributed by atoms with Crippen molar-refractivity contribution in [3.8, 4) is 5.75 Å². The zero-order valence-corrected chi connectivity index (χ0v) is 11.7. The minimum atomic E-state index is -0.104. The Balaban J connectivity index is 2.30. The molecule has 5 heteroatoms. The van der Waals surface area contributed by atoms with E-state index < -0.39 is 0 Å². The van der Waals surface area contributed by atoms with Gasteiger partial charge in [0.1, 0.15) is 5.75 Å². The molecule has 0 unspecified atom stereocenters. The molecule has 0 fully saturated rings. The van der Waals surface area contributed by atoms with Gasteiger partial charge >= 0.3 is 0 Å². The monoisotopic (exact) mass is 295 g/mol. The molecule has 98 valence electrons. The van der Waals surface area contributed by atoms with E-state index >= 15 is 0 Å². The number of nitrogens with zero attached hydrogens (tertiary/aromatic N) is 1. The largest absolute Gasteiger partial charge is 0.496 e. The second-order valence-electron chi connectivity index (χ2n) is 3.91. The molecule has 0 aliphatic heterocycles. The average Bonchev–Trinajstić information content (AvgIpc) is 2.41. The van der Waals surface area contributed by atoms with Crippen LogP contribution in [0.5, 0.6) is 5.75 Å². The molecular weight excluding hydrogens is 285 g/mol. The molecular formula is C14H11Cl2NO2. The molecule has 0 aliphatic carbocycles. The summed E-state index contributed by atoms with van der Waals surface area (Å²) in [6.45, 7) is 0. The van der Waals surface area contributed by atoms with Gasteiger partial charge in [0.05, 0.1) is 17.7 Å². The molecule has 0 bridgehead atoms. The lowest BCUT2D eigenvalue weighted by Gasteiger charge is -2.08. The summed E-state index contributed by atoms with van der Waals surface area (Å²) in [6, 6.07) is 6.66. The Morgan fingerprint density at radius 3 is 2.79 bits per heavy atom. The lowest BCUT2D eigenvalue weighted by Crippen LogP contribution is -2.06. The van der Waals surface area contributed by atoms with Crippen molar-refractivity contribution < 1.29 is 9.53 Å². The van der Waals surface area contributed by atoms with E-state index in [0.717, 1.165) is 5.56 Å². The Hall–Kier alpha value is -1.58. The Morgan fingerprint density at radius 2 is 2.11 bits per heavy atom. The van der Waals surface area contributed by atoms with Crippen LogP contribution in [0.25, 0.3) is 0 Å². The van der Waals surface area contributed by atoms with Crippen LogP contribution in [0.1, 0.15) is 15.9 Å². The highest BCUT2D eigenvalue weighted by molar-refractivity contribution is 6.32. The van der Waals surface area contributed by atoms with Crippen LogP contribution in [0.15, 0.2) is 36.7 Å². The van der Waals surface area contributed by atoms with E-state index in [0.29, 0.717) is 21.4 Å². The quantitative estimate of drug-likeness (QED) is 0.805. The number of carbonyl (C=O) groups excluding carboxylic acids is 1. The van der Waals surface area contributed by atoms with Crippen LogP contribution in [0.2, 0.25) is 10.0 Å². The fourth-order valence-electron chi connectivity index (χ4n) is 1.71. The first-order valence-corrected chi connectivity index (χ1v) is 6.32. The van der Waals surface area contributed by atoms with E-state index in [2.05, 4.69) is 4.98 Å². The normalized spacial score (nSPS) is 10.3. The van der Waals surface area contributed by atoms with Crippen molar-refractivity contribution in [1.82, 2.24) is 4.98 Å². The van der Waals surface area contributed by atoms with E-state index in [-0.39, 0.29) is 12.2 Å². The van der Waals surface area contributed by atoms with Gasteiger partial charge in [-0.15, -0.1) is 0 Å². The van der Waals surface area contributed by atoms with E-state index in [9.17, 15) is 4.79 Å². The number of ketones is 1. The predicted octanol–water partition coefficient (Wildman–Crippen LogP) is 3.82.